The Morgan fingerprint density at radius 2 is 2.12 bits per heavy atom. The molecule has 0 saturated heterocycles. The number of hydrogen-bond donors (Lipinski definition) is 1. The molecule has 0 bridgehead atoms. The molecule has 0 aromatic carbocycles. The summed E-state index contributed by atoms with van der Waals surface area (Å²) >= 11 is 5.28. The Bertz CT molecular complexity index is 420. The van der Waals surface area contributed by atoms with Crippen LogP contribution in [0.5, 0.6) is 0 Å². The lowest BCUT2D eigenvalue weighted by atomic mass is 10.1. The number of imidazole rings is 1. The summed E-state index contributed by atoms with van der Waals surface area (Å²) in [6.07, 6.45) is 4.62. The van der Waals surface area contributed by atoms with Crippen LogP contribution in [0.4, 0.5) is 0 Å². The van der Waals surface area contributed by atoms with Crippen molar-refractivity contribution in [2.45, 2.75) is 39.2 Å². The molecule has 0 radical (unpaired) electrons. The lowest BCUT2D eigenvalue weighted by Gasteiger charge is -2.18. The van der Waals surface area contributed by atoms with Crippen LogP contribution < -0.4 is 0 Å². The minimum atomic E-state index is -0.729. The first-order chi connectivity index (χ1) is 7.43. The van der Waals surface area contributed by atoms with Gasteiger partial charge in [-0.05, 0) is 31.5 Å². The van der Waals surface area contributed by atoms with E-state index in [1.165, 1.54) is 5.69 Å². The molecule has 92 valence electrons. The van der Waals surface area contributed by atoms with Crippen LogP contribution >= 0.6 is 12.2 Å². The summed E-state index contributed by atoms with van der Waals surface area (Å²) in [7, 11) is -0.729. The van der Waals surface area contributed by atoms with Crippen LogP contribution in [-0.4, -0.2) is 25.8 Å². The van der Waals surface area contributed by atoms with Crippen molar-refractivity contribution in [2.24, 2.45) is 0 Å². The molecule has 0 saturated carbocycles. The third kappa shape index (κ3) is 3.28. The number of aromatic nitrogens is 2. The second kappa shape index (κ2) is 5.77. The topological polar surface area (TPSA) is 37.8 Å². The lowest BCUT2D eigenvalue weighted by Crippen LogP contribution is -2.12. The summed E-state index contributed by atoms with van der Waals surface area (Å²) in [5.41, 5.74) is 1.22. The minimum Gasteiger partial charge on any atom is -0.337 e. The van der Waals surface area contributed by atoms with E-state index in [0.717, 1.165) is 16.9 Å². The first-order valence-electron chi connectivity index (χ1n) is 5.53. The first kappa shape index (κ1) is 13.6. The van der Waals surface area contributed by atoms with E-state index >= 15 is 0 Å². The fraction of sp³-hybridized carbons (Fsp3) is 0.727. The SMILES string of the molecule is CC(C)c1c[nH]c(=S)n1C(C)CCS(C)=O. The Balaban J connectivity index is 2.89. The van der Waals surface area contributed by atoms with Crippen LogP contribution in [0.15, 0.2) is 6.20 Å². The molecular formula is C11H20N2OS2. The summed E-state index contributed by atoms with van der Waals surface area (Å²) in [5, 5.41) is 0. The molecule has 1 aromatic heterocycles. The predicted molar refractivity (Wildman–Crippen MR) is 72.0 cm³/mol. The van der Waals surface area contributed by atoms with Crippen LogP contribution in [-0.2, 0) is 10.8 Å². The van der Waals surface area contributed by atoms with Crippen molar-refractivity contribution in [3.63, 3.8) is 0 Å². The highest BCUT2D eigenvalue weighted by molar-refractivity contribution is 7.84. The molecular weight excluding hydrogens is 240 g/mol. The number of H-pyrrole nitrogens is 1. The van der Waals surface area contributed by atoms with Crippen LogP contribution in [0.25, 0.3) is 0 Å². The molecule has 0 fully saturated rings. The van der Waals surface area contributed by atoms with Crippen molar-refractivity contribution in [1.82, 2.24) is 9.55 Å². The lowest BCUT2D eigenvalue weighted by molar-refractivity contribution is 0.498. The number of rotatable bonds is 5. The van der Waals surface area contributed by atoms with Crippen molar-refractivity contribution in [3.8, 4) is 0 Å². The van der Waals surface area contributed by atoms with E-state index in [-0.39, 0.29) is 0 Å². The average Bonchev–Trinajstić information content (AvgIpc) is 2.56. The quantitative estimate of drug-likeness (QED) is 0.826. The Hall–Kier alpha value is -0.420. The Morgan fingerprint density at radius 1 is 1.50 bits per heavy atom. The van der Waals surface area contributed by atoms with Crippen LogP contribution in [0.1, 0.15) is 44.8 Å². The third-order valence-electron chi connectivity index (χ3n) is 2.70. The van der Waals surface area contributed by atoms with Gasteiger partial charge in [-0.3, -0.25) is 4.21 Å². The average molecular weight is 260 g/mol. The van der Waals surface area contributed by atoms with Gasteiger partial charge in [0.05, 0.1) is 0 Å². The van der Waals surface area contributed by atoms with E-state index in [2.05, 4.69) is 30.3 Å². The van der Waals surface area contributed by atoms with Gasteiger partial charge >= 0.3 is 0 Å². The molecule has 0 aliphatic rings. The molecule has 2 unspecified atom stereocenters. The van der Waals surface area contributed by atoms with Crippen molar-refractivity contribution >= 4 is 23.0 Å². The number of nitrogens with one attached hydrogen (secondary N) is 1. The van der Waals surface area contributed by atoms with Gasteiger partial charge in [-0.2, -0.15) is 0 Å². The molecule has 0 aliphatic heterocycles. The van der Waals surface area contributed by atoms with Gasteiger partial charge in [0.15, 0.2) is 4.77 Å². The van der Waals surface area contributed by atoms with Gasteiger partial charge in [0, 0.05) is 40.7 Å². The molecule has 2 atom stereocenters. The molecule has 0 amide bonds. The van der Waals surface area contributed by atoms with Gasteiger partial charge in [0.25, 0.3) is 0 Å². The Labute approximate surface area is 105 Å². The normalized spacial score (nSPS) is 15.3. The highest BCUT2D eigenvalue weighted by Gasteiger charge is 2.13. The molecule has 1 rings (SSSR count). The summed E-state index contributed by atoms with van der Waals surface area (Å²) in [6.45, 7) is 6.43. The number of aromatic amines is 1. The monoisotopic (exact) mass is 260 g/mol. The highest BCUT2D eigenvalue weighted by atomic mass is 32.2. The predicted octanol–water partition coefficient (Wildman–Crippen LogP) is 3.00. The second-order valence-corrected chi connectivity index (χ2v) is 6.40. The maximum absolute atomic E-state index is 11.1. The Morgan fingerprint density at radius 3 is 2.62 bits per heavy atom. The first-order valence-corrected chi connectivity index (χ1v) is 7.66. The van der Waals surface area contributed by atoms with Crippen molar-refractivity contribution < 1.29 is 4.21 Å². The van der Waals surface area contributed by atoms with Crippen molar-refractivity contribution in [3.05, 3.63) is 16.7 Å². The molecule has 0 aliphatic carbocycles. The minimum absolute atomic E-state index is 0.306. The van der Waals surface area contributed by atoms with Gasteiger partial charge in [-0.25, -0.2) is 0 Å². The summed E-state index contributed by atoms with van der Waals surface area (Å²) in [5.74, 6) is 1.17. The zero-order valence-electron chi connectivity index (χ0n) is 10.3. The van der Waals surface area contributed by atoms with E-state index in [1.807, 2.05) is 6.20 Å². The van der Waals surface area contributed by atoms with Gasteiger partial charge in [-0.15, -0.1) is 0 Å². The summed E-state index contributed by atoms with van der Waals surface area (Å²) < 4.78 is 14.0. The van der Waals surface area contributed by atoms with Crippen LogP contribution in [0.3, 0.4) is 0 Å². The summed E-state index contributed by atoms with van der Waals surface area (Å²) in [6, 6.07) is 0.306. The molecule has 0 spiro atoms. The fourth-order valence-electron chi connectivity index (χ4n) is 1.76. The molecule has 1 N–H and O–H groups in total. The highest BCUT2D eigenvalue weighted by Crippen LogP contribution is 2.21. The van der Waals surface area contributed by atoms with E-state index in [0.29, 0.717) is 12.0 Å². The maximum atomic E-state index is 11.1. The number of nitrogens with zero attached hydrogens (tertiary/aromatic N) is 1. The van der Waals surface area contributed by atoms with E-state index in [9.17, 15) is 4.21 Å². The van der Waals surface area contributed by atoms with E-state index in [4.69, 9.17) is 12.2 Å². The van der Waals surface area contributed by atoms with Gasteiger partial charge in [0.2, 0.25) is 0 Å². The standard InChI is InChI=1S/C11H20N2OS2/c1-8(2)10-7-12-11(15)13(10)9(3)5-6-16(4)14/h7-9H,5-6H2,1-4H3,(H,12,15). The number of hydrogen-bond acceptors (Lipinski definition) is 2. The van der Waals surface area contributed by atoms with E-state index in [1.54, 1.807) is 6.26 Å². The smallest absolute Gasteiger partial charge is 0.177 e. The van der Waals surface area contributed by atoms with Crippen molar-refractivity contribution in [1.29, 1.82) is 0 Å². The van der Waals surface area contributed by atoms with Gasteiger partial charge in [-0.1, -0.05) is 13.8 Å². The fourth-order valence-corrected chi connectivity index (χ4v) is 2.77. The van der Waals surface area contributed by atoms with Gasteiger partial charge in [0.1, 0.15) is 0 Å². The molecule has 16 heavy (non-hydrogen) atoms. The molecule has 3 nitrogen and oxygen atoms in total. The van der Waals surface area contributed by atoms with E-state index < -0.39 is 10.8 Å². The second-order valence-electron chi connectivity index (χ2n) is 4.46. The largest absolute Gasteiger partial charge is 0.337 e. The summed E-state index contributed by atoms with van der Waals surface area (Å²) in [4.78, 5) is 3.09. The molecule has 5 heteroatoms. The molecule has 1 heterocycles. The van der Waals surface area contributed by atoms with Crippen LogP contribution in [0.2, 0.25) is 0 Å². The third-order valence-corrected chi connectivity index (χ3v) is 3.82. The molecule has 1 aromatic rings. The van der Waals surface area contributed by atoms with Crippen molar-refractivity contribution in [2.75, 3.05) is 12.0 Å². The van der Waals surface area contributed by atoms with Gasteiger partial charge < -0.3 is 9.55 Å². The zero-order valence-corrected chi connectivity index (χ0v) is 12.0. The van der Waals surface area contributed by atoms with Crippen LogP contribution in [0, 0.1) is 4.77 Å². The maximum Gasteiger partial charge on any atom is 0.177 e. The zero-order chi connectivity index (χ0) is 12.3. The Kier molecular flexibility index (Phi) is 4.92.